The number of hydrogen-bond donors (Lipinski definition) is 1. The van der Waals surface area contributed by atoms with Crippen LogP contribution in [-0.2, 0) is 16.1 Å². The normalized spacial score (nSPS) is 11.5. The molecule has 2 rings (SSSR count). The first-order valence-electron chi connectivity index (χ1n) is 10.9. The zero-order chi connectivity index (χ0) is 22.6. The molecule has 6 nitrogen and oxygen atoms in total. The Morgan fingerprint density at radius 1 is 1.06 bits per heavy atom. The summed E-state index contributed by atoms with van der Waals surface area (Å²) in [4.78, 5) is 27.6. The highest BCUT2D eigenvalue weighted by atomic mass is 16.5. The SMILES string of the molecule is CCCCNC(=O)C(CC)N(Cc1cccc(C)c1)C(=O)COc1ccc(OC)cc1. The third-order valence-corrected chi connectivity index (χ3v) is 5.07. The lowest BCUT2D eigenvalue weighted by Crippen LogP contribution is -2.50. The minimum Gasteiger partial charge on any atom is -0.497 e. The Hall–Kier alpha value is -3.02. The summed E-state index contributed by atoms with van der Waals surface area (Å²) in [6.45, 7) is 6.83. The van der Waals surface area contributed by atoms with Crippen molar-refractivity contribution in [3.05, 3.63) is 59.7 Å². The fourth-order valence-electron chi connectivity index (χ4n) is 3.33. The maximum atomic E-state index is 13.2. The largest absolute Gasteiger partial charge is 0.497 e. The molecule has 2 aromatic carbocycles. The quantitative estimate of drug-likeness (QED) is 0.519. The highest BCUT2D eigenvalue weighted by Gasteiger charge is 2.28. The van der Waals surface area contributed by atoms with Crippen LogP contribution in [0, 0.1) is 6.92 Å². The minimum absolute atomic E-state index is 0.124. The molecule has 1 N–H and O–H groups in total. The van der Waals surface area contributed by atoms with Gasteiger partial charge in [0.25, 0.3) is 5.91 Å². The Labute approximate surface area is 185 Å². The van der Waals surface area contributed by atoms with Crippen molar-refractivity contribution in [3.8, 4) is 11.5 Å². The van der Waals surface area contributed by atoms with Gasteiger partial charge in [-0.3, -0.25) is 9.59 Å². The van der Waals surface area contributed by atoms with Crippen LogP contribution in [0.5, 0.6) is 11.5 Å². The zero-order valence-corrected chi connectivity index (χ0v) is 19.0. The van der Waals surface area contributed by atoms with Gasteiger partial charge in [0, 0.05) is 13.1 Å². The first-order valence-corrected chi connectivity index (χ1v) is 10.9. The van der Waals surface area contributed by atoms with E-state index in [2.05, 4.69) is 12.2 Å². The van der Waals surface area contributed by atoms with Crippen LogP contribution in [0.4, 0.5) is 0 Å². The van der Waals surface area contributed by atoms with E-state index in [1.807, 2.05) is 38.1 Å². The number of rotatable bonds is 12. The number of amides is 2. The monoisotopic (exact) mass is 426 g/mol. The molecule has 0 aliphatic heterocycles. The Bertz CT molecular complexity index is 836. The van der Waals surface area contributed by atoms with Crippen molar-refractivity contribution in [3.63, 3.8) is 0 Å². The number of unbranched alkanes of at least 4 members (excludes halogenated alkanes) is 1. The average Bonchev–Trinajstić information content (AvgIpc) is 2.78. The number of nitrogens with one attached hydrogen (secondary N) is 1. The first kappa shape index (κ1) is 24.3. The van der Waals surface area contributed by atoms with Gasteiger partial charge in [-0.25, -0.2) is 0 Å². The molecule has 0 bridgehead atoms. The Balaban J connectivity index is 2.15. The molecule has 1 unspecified atom stereocenters. The summed E-state index contributed by atoms with van der Waals surface area (Å²) in [7, 11) is 1.60. The summed E-state index contributed by atoms with van der Waals surface area (Å²) in [5.74, 6) is 0.941. The first-order chi connectivity index (χ1) is 15.0. The summed E-state index contributed by atoms with van der Waals surface area (Å²) >= 11 is 0. The number of benzene rings is 2. The molecule has 1 atom stereocenters. The number of methoxy groups -OCH3 is 1. The lowest BCUT2D eigenvalue weighted by atomic mass is 10.1. The highest BCUT2D eigenvalue weighted by molar-refractivity contribution is 5.88. The van der Waals surface area contributed by atoms with Crippen LogP contribution >= 0.6 is 0 Å². The van der Waals surface area contributed by atoms with Crippen LogP contribution in [0.25, 0.3) is 0 Å². The molecule has 2 amide bonds. The number of carbonyl (C=O) groups excluding carboxylic acids is 2. The standard InChI is InChI=1S/C25H34N2O4/c1-5-7-15-26-25(29)23(6-2)27(17-20-10-8-9-19(3)16-20)24(28)18-31-22-13-11-21(30-4)12-14-22/h8-14,16,23H,5-7,15,17-18H2,1-4H3,(H,26,29). The van der Waals surface area contributed by atoms with Gasteiger partial charge in [-0.2, -0.15) is 0 Å². The fraction of sp³-hybridized carbons (Fsp3) is 0.440. The molecule has 6 heteroatoms. The van der Waals surface area contributed by atoms with Crippen molar-refractivity contribution >= 4 is 11.8 Å². The van der Waals surface area contributed by atoms with E-state index in [4.69, 9.17) is 9.47 Å². The van der Waals surface area contributed by atoms with Gasteiger partial charge in [0.05, 0.1) is 7.11 Å². The van der Waals surface area contributed by atoms with Crippen molar-refractivity contribution in [1.82, 2.24) is 10.2 Å². The predicted molar refractivity (Wildman–Crippen MR) is 122 cm³/mol. The van der Waals surface area contributed by atoms with Crippen LogP contribution in [0.2, 0.25) is 0 Å². The van der Waals surface area contributed by atoms with Crippen molar-refractivity contribution in [2.45, 2.75) is 52.6 Å². The van der Waals surface area contributed by atoms with E-state index in [0.717, 1.165) is 29.7 Å². The van der Waals surface area contributed by atoms with E-state index in [1.54, 1.807) is 36.3 Å². The lowest BCUT2D eigenvalue weighted by Gasteiger charge is -2.30. The molecule has 0 radical (unpaired) electrons. The summed E-state index contributed by atoms with van der Waals surface area (Å²) in [6.07, 6.45) is 2.44. The van der Waals surface area contributed by atoms with Crippen LogP contribution in [-0.4, -0.2) is 43.0 Å². The van der Waals surface area contributed by atoms with Gasteiger partial charge in [0.1, 0.15) is 17.5 Å². The van der Waals surface area contributed by atoms with Crippen molar-refractivity contribution in [2.75, 3.05) is 20.3 Å². The number of aryl methyl sites for hydroxylation is 1. The van der Waals surface area contributed by atoms with E-state index < -0.39 is 6.04 Å². The van der Waals surface area contributed by atoms with E-state index in [-0.39, 0.29) is 18.4 Å². The molecule has 2 aromatic rings. The van der Waals surface area contributed by atoms with Gasteiger partial charge in [0.15, 0.2) is 6.61 Å². The van der Waals surface area contributed by atoms with Crippen molar-refractivity contribution in [1.29, 1.82) is 0 Å². The third kappa shape index (κ3) is 7.63. The number of nitrogens with zero attached hydrogens (tertiary/aromatic N) is 1. The molecule has 0 aliphatic carbocycles. The van der Waals surface area contributed by atoms with Crippen LogP contribution < -0.4 is 14.8 Å². The van der Waals surface area contributed by atoms with Gasteiger partial charge < -0.3 is 19.7 Å². The third-order valence-electron chi connectivity index (χ3n) is 5.07. The highest BCUT2D eigenvalue weighted by Crippen LogP contribution is 2.18. The molecule has 0 aliphatic rings. The molecule has 31 heavy (non-hydrogen) atoms. The van der Waals surface area contributed by atoms with E-state index in [1.165, 1.54) is 0 Å². The predicted octanol–water partition coefficient (Wildman–Crippen LogP) is 4.11. The number of ether oxygens (including phenoxy) is 2. The summed E-state index contributed by atoms with van der Waals surface area (Å²) < 4.78 is 10.9. The van der Waals surface area contributed by atoms with Gasteiger partial charge in [0.2, 0.25) is 5.91 Å². The average molecular weight is 427 g/mol. The summed E-state index contributed by atoms with van der Waals surface area (Å²) in [6, 6.07) is 14.5. The van der Waals surface area contributed by atoms with Crippen LogP contribution in [0.15, 0.2) is 48.5 Å². The van der Waals surface area contributed by atoms with Gasteiger partial charge in [-0.1, -0.05) is 50.1 Å². The maximum Gasteiger partial charge on any atom is 0.261 e. The molecule has 0 aromatic heterocycles. The van der Waals surface area contributed by atoms with Gasteiger partial charge in [-0.05, 0) is 49.6 Å². The summed E-state index contributed by atoms with van der Waals surface area (Å²) in [5, 5.41) is 2.97. The maximum absolute atomic E-state index is 13.2. The second-order valence-corrected chi connectivity index (χ2v) is 7.54. The van der Waals surface area contributed by atoms with Crippen LogP contribution in [0.3, 0.4) is 0 Å². The number of carbonyl (C=O) groups is 2. The number of hydrogen-bond acceptors (Lipinski definition) is 4. The van der Waals surface area contributed by atoms with Gasteiger partial charge >= 0.3 is 0 Å². The Kier molecular flexibility index (Phi) is 9.88. The van der Waals surface area contributed by atoms with Crippen molar-refractivity contribution in [2.24, 2.45) is 0 Å². The molecular weight excluding hydrogens is 392 g/mol. The Morgan fingerprint density at radius 2 is 1.77 bits per heavy atom. The minimum atomic E-state index is -0.552. The summed E-state index contributed by atoms with van der Waals surface area (Å²) in [5.41, 5.74) is 2.09. The molecule has 0 spiro atoms. The molecule has 168 valence electrons. The second kappa shape index (κ2) is 12.6. The van der Waals surface area contributed by atoms with Gasteiger partial charge in [-0.15, -0.1) is 0 Å². The fourth-order valence-corrected chi connectivity index (χ4v) is 3.33. The van der Waals surface area contributed by atoms with Crippen LogP contribution in [0.1, 0.15) is 44.2 Å². The molecule has 0 saturated heterocycles. The molecular formula is C25H34N2O4. The Morgan fingerprint density at radius 3 is 2.39 bits per heavy atom. The molecule has 0 heterocycles. The van der Waals surface area contributed by atoms with E-state index in [0.29, 0.717) is 25.3 Å². The second-order valence-electron chi connectivity index (χ2n) is 7.54. The van der Waals surface area contributed by atoms with Crippen molar-refractivity contribution < 1.29 is 19.1 Å². The molecule has 0 saturated carbocycles. The molecule has 0 fully saturated rings. The van der Waals surface area contributed by atoms with E-state index >= 15 is 0 Å². The zero-order valence-electron chi connectivity index (χ0n) is 19.0. The lowest BCUT2D eigenvalue weighted by molar-refractivity contribution is -0.143. The topological polar surface area (TPSA) is 67.9 Å². The smallest absolute Gasteiger partial charge is 0.261 e. The van der Waals surface area contributed by atoms with E-state index in [9.17, 15) is 9.59 Å².